The van der Waals surface area contributed by atoms with Gasteiger partial charge in [-0.1, -0.05) is 12.1 Å². The fourth-order valence-corrected chi connectivity index (χ4v) is 3.65. The third kappa shape index (κ3) is 4.41. The second-order valence-corrected chi connectivity index (χ2v) is 6.96. The van der Waals surface area contributed by atoms with Gasteiger partial charge in [0, 0.05) is 39.1 Å². The van der Waals surface area contributed by atoms with Crippen LogP contribution in [0.15, 0.2) is 30.6 Å². The number of ether oxygens (including phenoxy) is 2. The van der Waals surface area contributed by atoms with E-state index in [9.17, 15) is 14.5 Å². The van der Waals surface area contributed by atoms with Gasteiger partial charge in [-0.15, -0.1) is 0 Å². The van der Waals surface area contributed by atoms with E-state index in [2.05, 4.69) is 15.3 Å². The summed E-state index contributed by atoms with van der Waals surface area (Å²) in [6.45, 7) is 3.55. The van der Waals surface area contributed by atoms with Crippen molar-refractivity contribution in [1.29, 1.82) is 0 Å². The number of nitrogens with one attached hydrogen (secondary N) is 1. The molecule has 2 fully saturated rings. The zero-order valence-corrected chi connectivity index (χ0v) is 16.4. The molecule has 3 heterocycles. The Balaban J connectivity index is 1.44. The number of rotatable bonds is 7. The number of benzene rings is 1. The minimum Gasteiger partial charge on any atom is -0.366 e. The Morgan fingerprint density at radius 3 is 2.53 bits per heavy atom. The molecule has 0 bridgehead atoms. The number of nitro groups is 1. The fraction of sp³-hybridized carbons (Fsp3) is 0.474. The second kappa shape index (κ2) is 9.18. The number of aromatic nitrogens is 2. The monoisotopic (exact) mass is 418 g/mol. The summed E-state index contributed by atoms with van der Waals surface area (Å²) in [5.74, 6) is 0.152. The zero-order chi connectivity index (χ0) is 20.9. The number of para-hydroxylation sites is 1. The molecule has 1 aromatic carbocycles. The maximum atomic E-state index is 14.1. The molecule has 30 heavy (non-hydrogen) atoms. The van der Waals surface area contributed by atoms with Crippen LogP contribution in [-0.4, -0.2) is 67.1 Å². The predicted octanol–water partition coefficient (Wildman–Crippen LogP) is 2.03. The molecular formula is C19H23FN6O4. The van der Waals surface area contributed by atoms with Crippen molar-refractivity contribution in [1.82, 2.24) is 9.97 Å². The maximum Gasteiger partial charge on any atom is 0.353 e. The Hall–Kier alpha value is -3.05. The van der Waals surface area contributed by atoms with Gasteiger partial charge in [-0.05, 0) is 12.1 Å². The molecular weight excluding hydrogens is 395 g/mol. The fourth-order valence-electron chi connectivity index (χ4n) is 3.65. The van der Waals surface area contributed by atoms with E-state index in [1.807, 2.05) is 9.80 Å². The lowest BCUT2D eigenvalue weighted by molar-refractivity contribution is -0.383. The van der Waals surface area contributed by atoms with Gasteiger partial charge >= 0.3 is 5.69 Å². The molecule has 0 aliphatic carbocycles. The van der Waals surface area contributed by atoms with E-state index >= 15 is 0 Å². The molecule has 0 spiro atoms. The van der Waals surface area contributed by atoms with Crippen molar-refractivity contribution in [2.24, 2.45) is 0 Å². The summed E-state index contributed by atoms with van der Waals surface area (Å²) in [6.07, 6.45) is 1.57. The molecule has 0 atom stereocenters. The van der Waals surface area contributed by atoms with E-state index in [1.54, 1.807) is 18.2 Å². The van der Waals surface area contributed by atoms with Crippen molar-refractivity contribution in [3.63, 3.8) is 0 Å². The summed E-state index contributed by atoms with van der Waals surface area (Å²) in [7, 11) is 0. The highest BCUT2D eigenvalue weighted by Gasteiger charge is 2.30. The standard InChI is InChI=1S/C19H23FN6O4/c20-14-3-1-2-4-15(14)24-7-9-25(10-8-24)19-17(26(27)28)18(22-13-23-19)21-6-5-16-29-11-12-30-16/h1-4,13,16H,5-12H2,(H,21,22,23). The number of piperazine rings is 1. The molecule has 0 saturated carbocycles. The number of nitrogens with zero attached hydrogens (tertiary/aromatic N) is 5. The van der Waals surface area contributed by atoms with Crippen LogP contribution in [0.25, 0.3) is 0 Å². The highest BCUT2D eigenvalue weighted by molar-refractivity contribution is 5.70. The first-order chi connectivity index (χ1) is 14.6. The molecule has 2 aliphatic heterocycles. The molecule has 2 aromatic rings. The number of halogens is 1. The lowest BCUT2D eigenvalue weighted by Gasteiger charge is -2.36. The molecule has 0 amide bonds. The highest BCUT2D eigenvalue weighted by atomic mass is 19.1. The molecule has 2 aliphatic rings. The van der Waals surface area contributed by atoms with Crippen molar-refractivity contribution in [2.45, 2.75) is 12.7 Å². The van der Waals surface area contributed by atoms with E-state index in [0.717, 1.165) is 0 Å². The van der Waals surface area contributed by atoms with E-state index in [4.69, 9.17) is 9.47 Å². The van der Waals surface area contributed by atoms with Crippen molar-refractivity contribution in [2.75, 3.05) is 61.1 Å². The first-order valence-electron chi connectivity index (χ1n) is 9.84. The lowest BCUT2D eigenvalue weighted by atomic mass is 10.2. The summed E-state index contributed by atoms with van der Waals surface area (Å²) in [4.78, 5) is 23.3. The zero-order valence-electron chi connectivity index (χ0n) is 16.4. The van der Waals surface area contributed by atoms with E-state index in [-0.39, 0.29) is 29.4 Å². The number of hydrogen-bond donors (Lipinski definition) is 1. The van der Waals surface area contributed by atoms with Crippen LogP contribution in [-0.2, 0) is 9.47 Å². The Morgan fingerprint density at radius 2 is 1.83 bits per heavy atom. The van der Waals surface area contributed by atoms with Crippen molar-refractivity contribution >= 4 is 23.0 Å². The van der Waals surface area contributed by atoms with Crippen LogP contribution in [0.2, 0.25) is 0 Å². The second-order valence-electron chi connectivity index (χ2n) is 6.96. The van der Waals surface area contributed by atoms with E-state index < -0.39 is 4.92 Å². The van der Waals surface area contributed by atoms with E-state index in [0.29, 0.717) is 58.0 Å². The summed E-state index contributed by atoms with van der Waals surface area (Å²) >= 11 is 0. The van der Waals surface area contributed by atoms with Crippen LogP contribution in [0.1, 0.15) is 6.42 Å². The van der Waals surface area contributed by atoms with Crippen LogP contribution < -0.4 is 15.1 Å². The summed E-state index contributed by atoms with van der Waals surface area (Å²) in [5, 5.41) is 14.8. The third-order valence-electron chi connectivity index (χ3n) is 5.12. The van der Waals surface area contributed by atoms with Crippen LogP contribution in [0.3, 0.4) is 0 Å². The molecule has 0 radical (unpaired) electrons. The van der Waals surface area contributed by atoms with Crippen molar-refractivity contribution < 1.29 is 18.8 Å². The van der Waals surface area contributed by atoms with Crippen LogP contribution >= 0.6 is 0 Å². The topological polar surface area (TPSA) is 106 Å². The van der Waals surface area contributed by atoms with Gasteiger partial charge in [0.25, 0.3) is 0 Å². The van der Waals surface area contributed by atoms with Gasteiger partial charge < -0.3 is 24.6 Å². The molecule has 0 unspecified atom stereocenters. The molecule has 4 rings (SSSR count). The van der Waals surface area contributed by atoms with E-state index in [1.165, 1.54) is 12.4 Å². The van der Waals surface area contributed by atoms with Gasteiger partial charge in [-0.25, -0.2) is 14.4 Å². The average Bonchev–Trinajstić information content (AvgIpc) is 3.27. The first kappa shape index (κ1) is 20.2. The lowest BCUT2D eigenvalue weighted by Crippen LogP contribution is -2.47. The summed E-state index contributed by atoms with van der Waals surface area (Å²) in [6, 6.07) is 6.60. The highest BCUT2D eigenvalue weighted by Crippen LogP contribution is 2.33. The smallest absolute Gasteiger partial charge is 0.353 e. The van der Waals surface area contributed by atoms with Gasteiger partial charge in [0.05, 0.1) is 23.8 Å². The number of hydrogen-bond acceptors (Lipinski definition) is 9. The van der Waals surface area contributed by atoms with Crippen LogP contribution in [0.4, 0.5) is 27.4 Å². The Labute approximate surface area is 172 Å². The first-order valence-corrected chi connectivity index (χ1v) is 9.84. The summed E-state index contributed by atoms with van der Waals surface area (Å²) in [5.41, 5.74) is 0.373. The predicted molar refractivity (Wildman–Crippen MR) is 108 cm³/mol. The maximum absolute atomic E-state index is 14.1. The van der Waals surface area contributed by atoms with Crippen molar-refractivity contribution in [3.05, 3.63) is 46.5 Å². The molecule has 1 N–H and O–H groups in total. The molecule has 10 nitrogen and oxygen atoms in total. The Morgan fingerprint density at radius 1 is 1.13 bits per heavy atom. The molecule has 11 heteroatoms. The Kier molecular flexibility index (Phi) is 6.19. The van der Waals surface area contributed by atoms with Crippen LogP contribution in [0.5, 0.6) is 0 Å². The Bertz CT molecular complexity index is 887. The average molecular weight is 418 g/mol. The van der Waals surface area contributed by atoms with Gasteiger partial charge in [-0.2, -0.15) is 0 Å². The quantitative estimate of drug-likeness (QED) is 0.534. The molecule has 1 aromatic heterocycles. The normalized spacial score (nSPS) is 17.4. The van der Waals surface area contributed by atoms with Gasteiger partial charge in [-0.3, -0.25) is 10.1 Å². The number of anilines is 3. The molecule has 160 valence electrons. The van der Waals surface area contributed by atoms with Gasteiger partial charge in [0.1, 0.15) is 12.1 Å². The SMILES string of the molecule is O=[N+]([O-])c1c(NCCC2OCCO2)ncnc1N1CCN(c2ccccc2F)CC1. The third-order valence-corrected chi connectivity index (χ3v) is 5.12. The van der Waals surface area contributed by atoms with Crippen LogP contribution in [0, 0.1) is 15.9 Å². The van der Waals surface area contributed by atoms with Crippen molar-refractivity contribution in [3.8, 4) is 0 Å². The van der Waals surface area contributed by atoms with Gasteiger partial charge in [0.2, 0.25) is 11.6 Å². The molecule has 2 saturated heterocycles. The summed E-state index contributed by atoms with van der Waals surface area (Å²) < 4.78 is 24.8. The largest absolute Gasteiger partial charge is 0.366 e. The minimum absolute atomic E-state index is 0.162. The van der Waals surface area contributed by atoms with Gasteiger partial charge in [0.15, 0.2) is 6.29 Å². The minimum atomic E-state index is -0.469.